The molecule has 7 N–H and O–H groups in total. The summed E-state index contributed by atoms with van der Waals surface area (Å²) >= 11 is 1.82. The zero-order valence-electron chi connectivity index (χ0n) is 44.9. The van der Waals surface area contributed by atoms with E-state index in [1.54, 1.807) is 0 Å². The third kappa shape index (κ3) is 12.8. The molecule has 4 aliphatic heterocycles. The molecule has 0 amide bonds. The van der Waals surface area contributed by atoms with Crippen molar-refractivity contribution in [3.8, 4) is 11.5 Å². The maximum Gasteiger partial charge on any atom is 0.150 e. The number of para-hydroxylation sites is 16. The summed E-state index contributed by atoms with van der Waals surface area (Å²) in [6, 6.07) is 103. The lowest BCUT2D eigenvalue weighted by molar-refractivity contribution is 0.481. The number of rotatable bonds is 2. The first-order valence-corrected chi connectivity index (χ1v) is 28.2. The van der Waals surface area contributed by atoms with E-state index in [9.17, 15) is 0 Å². The van der Waals surface area contributed by atoms with Crippen LogP contribution in [0.4, 0.5) is 68.2 Å². The van der Waals surface area contributed by atoms with Gasteiger partial charge in [-0.05, 0) is 132 Å². The van der Waals surface area contributed by atoms with Gasteiger partial charge in [0.15, 0.2) is 11.5 Å². The van der Waals surface area contributed by atoms with Crippen molar-refractivity contribution in [2.75, 3.05) is 31.9 Å². The third-order valence-electron chi connectivity index (χ3n) is 13.9. The Hall–Kier alpha value is -10.6. The number of hydrogen-bond donors (Lipinski definition) is 7. The maximum absolute atomic E-state index is 5.71. The number of ether oxygens (including phenoxy) is 1. The summed E-state index contributed by atoms with van der Waals surface area (Å²) in [6.45, 7) is 0. The number of fused-ring (bicyclic) bond motifs is 11. The fraction of sp³-hybridized carbons (Fsp3) is 0.0137. The van der Waals surface area contributed by atoms with Gasteiger partial charge in [-0.2, -0.15) is 0 Å². The second-order valence-electron chi connectivity index (χ2n) is 19.5. The molecule has 0 saturated heterocycles. The van der Waals surface area contributed by atoms with Crippen molar-refractivity contribution < 1.29 is 4.74 Å². The number of hydrogen-bond acceptors (Lipinski definition) is 8. The van der Waals surface area contributed by atoms with E-state index in [2.05, 4.69) is 207 Å². The van der Waals surface area contributed by atoms with Gasteiger partial charge in [-0.25, -0.2) is 0 Å². The fourth-order valence-electron chi connectivity index (χ4n) is 9.81. The Labute approximate surface area is 482 Å². The Morgan fingerprint density at radius 2 is 0.573 bits per heavy atom. The largest absolute Gasteiger partial charge is 0.453 e. The van der Waals surface area contributed by atoms with Gasteiger partial charge in [0.2, 0.25) is 0 Å². The average Bonchev–Trinajstić information content (AvgIpc) is 3.97. The number of H-pyrrole nitrogens is 1. The minimum absolute atomic E-state index is 0.881. The van der Waals surface area contributed by atoms with Gasteiger partial charge in [0.1, 0.15) is 0 Å². The van der Waals surface area contributed by atoms with Gasteiger partial charge in [0.25, 0.3) is 0 Å². The molecule has 0 fully saturated rings. The topological polar surface area (TPSA) is 97.2 Å². The summed E-state index contributed by atoms with van der Waals surface area (Å²) in [5.41, 5.74) is 18.9. The van der Waals surface area contributed by atoms with E-state index in [0.717, 1.165) is 63.4 Å². The molecule has 0 atom stereocenters. The lowest BCUT2D eigenvalue weighted by Crippen LogP contribution is -2.05. The summed E-state index contributed by atoms with van der Waals surface area (Å²) in [5, 5.41) is 22.8. The molecule has 0 saturated carbocycles. The Kier molecular flexibility index (Phi) is 16.2. The lowest BCUT2D eigenvalue weighted by Gasteiger charge is -2.22. The van der Waals surface area contributed by atoms with Gasteiger partial charge in [-0.1, -0.05) is 194 Å². The first-order valence-electron chi connectivity index (χ1n) is 27.4. The molecule has 0 bridgehead atoms. The molecule has 12 aromatic carbocycles. The number of anilines is 12. The highest BCUT2D eigenvalue weighted by Gasteiger charge is 2.16. The standard InChI is InChI=1S/C13H11N.C12H10N2.C12H9NO.C12H9NS.C12H9N.C12H11N/c1-3-7-12-10(5-1)9-11-6-2-4-8-13(11)14-12;1-2-6-10-9(5-1)13-11-7-3-4-8-12(11)14-10;2*1-3-7-11-9(5-1)13-10-6-2-4-8-12(10)14-11;1-3-7-11-9(5-1)10-6-2-4-8-12(10)13-11;1-3-7-11(8-4-1)13-12-9-5-2-6-10-12/h1-8,14H,9H2;1-8,13-14H;2*1-8,13H;1-8,13H;1-10,13H. The number of nitrogens with one attached hydrogen (secondary N) is 7. The Morgan fingerprint density at radius 3 is 1.02 bits per heavy atom. The number of benzene rings is 12. The van der Waals surface area contributed by atoms with Crippen LogP contribution in [0.5, 0.6) is 11.5 Å². The van der Waals surface area contributed by atoms with Crippen molar-refractivity contribution in [1.82, 2.24) is 4.98 Å². The van der Waals surface area contributed by atoms with Crippen molar-refractivity contribution in [2.45, 2.75) is 16.2 Å². The molecule has 5 heterocycles. The average molecular weight is 1080 g/mol. The quantitative estimate of drug-likeness (QED) is 0.0920. The number of aromatic amines is 1. The molecule has 4 aliphatic rings. The molecule has 1 aromatic heterocycles. The molecule has 0 radical (unpaired) electrons. The van der Waals surface area contributed by atoms with Crippen molar-refractivity contribution in [3.63, 3.8) is 0 Å². The van der Waals surface area contributed by atoms with Gasteiger partial charge in [-0.15, -0.1) is 0 Å². The van der Waals surface area contributed by atoms with Crippen LogP contribution in [0.3, 0.4) is 0 Å². The summed E-state index contributed by atoms with van der Waals surface area (Å²) in [7, 11) is 0. The normalized spacial score (nSPS) is 11.7. The fourth-order valence-corrected chi connectivity index (χ4v) is 10.8. The highest BCUT2D eigenvalue weighted by Crippen LogP contribution is 2.44. The first-order chi connectivity index (χ1) is 40.6. The zero-order chi connectivity index (χ0) is 55.1. The highest BCUT2D eigenvalue weighted by molar-refractivity contribution is 7.99. The van der Waals surface area contributed by atoms with E-state index in [0.29, 0.717) is 0 Å². The van der Waals surface area contributed by atoms with E-state index in [4.69, 9.17) is 4.74 Å². The lowest BCUT2D eigenvalue weighted by atomic mass is 9.98. The SMILES string of the molecule is c1ccc(Nc2ccccc2)cc1.c1ccc2c(c1)Cc1ccccc1N2.c1ccc2c(c1)Nc1ccccc1N2.c1ccc2c(c1)Nc1ccccc1O2.c1ccc2c(c1)Nc1ccccc1S2.c1ccc2c(c1)[nH]c1ccccc12. The van der Waals surface area contributed by atoms with Crippen LogP contribution in [-0.2, 0) is 6.42 Å². The Morgan fingerprint density at radius 1 is 0.268 bits per heavy atom. The van der Waals surface area contributed by atoms with Crippen molar-refractivity contribution >= 4 is 102 Å². The second-order valence-corrected chi connectivity index (χ2v) is 20.6. The Bertz CT molecular complexity index is 3440. The van der Waals surface area contributed by atoms with E-state index in [1.807, 2.05) is 145 Å². The van der Waals surface area contributed by atoms with E-state index >= 15 is 0 Å². The molecule has 8 nitrogen and oxygen atoms in total. The summed E-state index contributed by atoms with van der Waals surface area (Å²) < 4.78 is 5.71. The summed E-state index contributed by atoms with van der Waals surface area (Å²) in [6.07, 6.45) is 1.04. The smallest absolute Gasteiger partial charge is 0.150 e. The van der Waals surface area contributed by atoms with E-state index in [-0.39, 0.29) is 0 Å². The molecule has 9 heteroatoms. The predicted molar refractivity (Wildman–Crippen MR) is 347 cm³/mol. The van der Waals surface area contributed by atoms with Gasteiger partial charge in [0, 0.05) is 60.8 Å². The van der Waals surface area contributed by atoms with Crippen molar-refractivity contribution in [2.24, 2.45) is 0 Å². The molecular weight excluding hydrogens is 1020 g/mol. The van der Waals surface area contributed by atoms with Crippen LogP contribution in [0.25, 0.3) is 21.8 Å². The van der Waals surface area contributed by atoms with Gasteiger partial charge >= 0.3 is 0 Å². The van der Waals surface area contributed by atoms with E-state index < -0.39 is 0 Å². The van der Waals surface area contributed by atoms with Crippen LogP contribution in [0.1, 0.15) is 11.1 Å². The molecular formula is C73H59N7OS. The molecule has 13 aromatic rings. The maximum atomic E-state index is 5.71. The van der Waals surface area contributed by atoms with Gasteiger partial charge < -0.3 is 41.6 Å². The summed E-state index contributed by atoms with van der Waals surface area (Å²) in [5.74, 6) is 1.76. The Balaban J connectivity index is 0.0000000974. The number of aromatic nitrogens is 1. The minimum Gasteiger partial charge on any atom is -0.453 e. The van der Waals surface area contributed by atoms with Crippen molar-refractivity contribution in [3.05, 3.63) is 314 Å². The molecule has 0 unspecified atom stereocenters. The van der Waals surface area contributed by atoms with Crippen LogP contribution in [-0.4, -0.2) is 4.98 Å². The zero-order valence-corrected chi connectivity index (χ0v) is 45.7. The predicted octanol–water partition coefficient (Wildman–Crippen LogP) is 21.0. The van der Waals surface area contributed by atoms with Crippen LogP contribution in [0.15, 0.2) is 313 Å². The molecule has 82 heavy (non-hydrogen) atoms. The molecule has 17 rings (SSSR count). The minimum atomic E-state index is 0.881. The first kappa shape index (κ1) is 52.1. The van der Waals surface area contributed by atoms with Gasteiger partial charge in [-0.3, -0.25) is 0 Å². The van der Waals surface area contributed by atoms with Crippen LogP contribution < -0.4 is 36.6 Å². The monoisotopic (exact) mass is 1080 g/mol. The van der Waals surface area contributed by atoms with Crippen LogP contribution >= 0.6 is 11.8 Å². The summed E-state index contributed by atoms with van der Waals surface area (Å²) in [4.78, 5) is 5.97. The van der Waals surface area contributed by atoms with Gasteiger partial charge in [0.05, 0.1) is 45.5 Å². The molecule has 398 valence electrons. The molecule has 0 aliphatic carbocycles. The van der Waals surface area contributed by atoms with Crippen LogP contribution in [0.2, 0.25) is 0 Å². The molecule has 0 spiro atoms. The second kappa shape index (κ2) is 25.5. The van der Waals surface area contributed by atoms with E-state index in [1.165, 1.54) is 65.5 Å². The highest BCUT2D eigenvalue weighted by atomic mass is 32.2. The van der Waals surface area contributed by atoms with Crippen LogP contribution in [0, 0.1) is 0 Å². The van der Waals surface area contributed by atoms with Crippen molar-refractivity contribution in [1.29, 1.82) is 0 Å². The third-order valence-corrected chi connectivity index (χ3v) is 15.0.